The first-order valence-electron chi connectivity index (χ1n) is 4.35. The molecule has 4 amide bonds. The Morgan fingerprint density at radius 2 is 1.32 bits per heavy atom. The smallest absolute Gasteiger partial charge is 0.589 e. The molecule has 0 atom stereocenters. The van der Waals surface area contributed by atoms with Crippen LogP contribution in [-0.2, 0) is 73.0 Å². The molecule has 8 heteroatoms. The maximum atomic E-state index is 10.6. The van der Waals surface area contributed by atoms with Crippen LogP contribution in [0, 0.1) is 14.4 Å². The summed E-state index contributed by atoms with van der Waals surface area (Å²) in [4.78, 5) is 42.2. The molecule has 2 aliphatic heterocycles. The summed E-state index contributed by atoms with van der Waals surface area (Å²) in [7, 11) is 0. The number of hydrogen-bond acceptors (Lipinski definition) is 4. The molecule has 2 rings (SSSR count). The van der Waals surface area contributed by atoms with Crippen molar-refractivity contribution in [2.24, 2.45) is 0 Å². The van der Waals surface area contributed by atoms with Crippen molar-refractivity contribution in [1.82, 2.24) is 4.90 Å². The van der Waals surface area contributed by atoms with Gasteiger partial charge in [-0.15, -0.1) is 0 Å². The second-order valence-electron chi connectivity index (χ2n) is 2.78. The van der Waals surface area contributed by atoms with Gasteiger partial charge in [-0.1, -0.05) is 6.54 Å². The molecule has 0 saturated carbocycles. The van der Waals surface area contributed by atoms with Crippen LogP contribution in [0.15, 0.2) is 24.3 Å². The molecule has 0 aromatic rings. The van der Waals surface area contributed by atoms with E-state index < -0.39 is 11.8 Å². The van der Waals surface area contributed by atoms with Crippen LogP contribution in [-0.4, -0.2) is 35.1 Å². The fraction of sp³-hybridized carbons (Fsp3) is 0.0909. The normalized spacial score (nSPS) is 14.9. The minimum atomic E-state index is -0.454. The number of amides is 4. The topological polar surface area (TPSA) is 85.6 Å². The third-order valence-electron chi connectivity index (χ3n) is 1.71. The first-order chi connectivity index (χ1) is 7.54. The molecule has 0 unspecified atom stereocenters. The quantitative estimate of drug-likeness (QED) is 0.374. The maximum Gasteiger partial charge on any atom is 2.00 e. The Kier molecular flexibility index (Phi) is 14.2. The molecule has 19 heavy (non-hydrogen) atoms. The fourth-order valence-corrected chi connectivity index (χ4v) is 0.977. The number of carbonyl (C=O) groups is 4. The first kappa shape index (κ1) is 23.6. The van der Waals surface area contributed by atoms with Crippen molar-refractivity contribution in [2.45, 2.75) is 0 Å². The Balaban J connectivity index is -0.000000237. The molecule has 1 radical (unpaired) electrons. The number of nitrogens with zero attached hydrogens (tertiary/aromatic N) is 2. The van der Waals surface area contributed by atoms with Gasteiger partial charge in [0.15, 0.2) is 0 Å². The zero-order valence-corrected chi connectivity index (χ0v) is 16.0. The second-order valence-corrected chi connectivity index (χ2v) is 2.78. The number of rotatable bonds is 1. The van der Waals surface area contributed by atoms with Crippen LogP contribution in [0.3, 0.4) is 0 Å². The largest absolute Gasteiger partial charge is 2.00 e. The third-order valence-corrected chi connectivity index (χ3v) is 1.71. The number of imide groups is 2. The summed E-state index contributed by atoms with van der Waals surface area (Å²) < 4.78 is 0. The van der Waals surface area contributed by atoms with Crippen LogP contribution in [0.25, 0.3) is 5.32 Å². The molecule has 6 nitrogen and oxygen atoms in total. The van der Waals surface area contributed by atoms with Gasteiger partial charge in [0, 0.05) is 44.9 Å². The molecule has 0 aromatic heterocycles. The fourth-order valence-electron chi connectivity index (χ4n) is 0.977. The van der Waals surface area contributed by atoms with E-state index >= 15 is 0 Å². The van der Waals surface area contributed by atoms with Gasteiger partial charge in [-0.25, -0.2) is 0 Å². The Morgan fingerprint density at radius 3 is 1.47 bits per heavy atom. The van der Waals surface area contributed by atoms with Gasteiger partial charge in [0.1, 0.15) is 0 Å². The van der Waals surface area contributed by atoms with Crippen LogP contribution < -0.4 is 0 Å². The molecular formula is C11H11N2O4WY-. The van der Waals surface area contributed by atoms with Gasteiger partial charge in [0.25, 0.3) is 11.8 Å². The zero-order valence-electron chi connectivity index (χ0n) is 10.2. The average Bonchev–Trinajstić information content (AvgIpc) is 2.75. The zero-order chi connectivity index (χ0) is 12.1. The van der Waals surface area contributed by atoms with Crippen molar-refractivity contribution < 1.29 is 73.0 Å². The van der Waals surface area contributed by atoms with Crippen LogP contribution in [0.5, 0.6) is 0 Å². The van der Waals surface area contributed by atoms with E-state index in [4.69, 9.17) is 0 Å². The van der Waals surface area contributed by atoms with Crippen molar-refractivity contribution in [2.75, 3.05) is 6.54 Å². The number of carbonyl (C=O) groups excluding carboxylic acids is 4. The monoisotopic (exact) mass is 508 g/mol. The molecule has 99 valence electrons. The van der Waals surface area contributed by atoms with E-state index in [9.17, 15) is 19.2 Å². The van der Waals surface area contributed by atoms with Gasteiger partial charge in [-0.2, -0.15) is 0 Å². The molecule has 2 heterocycles. The van der Waals surface area contributed by atoms with Crippen LogP contribution in [0.1, 0.15) is 0 Å². The molecule has 2 aliphatic rings. The predicted octanol–water partition coefficient (Wildman–Crippen LogP) is 0.174. The maximum absolute atomic E-state index is 10.6. The summed E-state index contributed by atoms with van der Waals surface area (Å²) in [6.45, 7) is 3.63. The minimum Gasteiger partial charge on any atom is -0.589 e. The van der Waals surface area contributed by atoms with Crippen molar-refractivity contribution in [3.8, 4) is 0 Å². The summed E-state index contributed by atoms with van der Waals surface area (Å²) in [5, 5.41) is 3.00. The van der Waals surface area contributed by atoms with E-state index in [1.807, 2.05) is 0 Å². The molecule has 0 bridgehead atoms. The van der Waals surface area contributed by atoms with Crippen LogP contribution >= 0.6 is 0 Å². The van der Waals surface area contributed by atoms with Gasteiger partial charge in [-0.05, 0) is 12.2 Å². The molecular weight excluding hydrogens is 497 g/mol. The van der Waals surface area contributed by atoms with Gasteiger partial charge >= 0.3 is 21.1 Å². The van der Waals surface area contributed by atoms with Crippen molar-refractivity contribution >= 4 is 23.6 Å². The Hall–Kier alpha value is -0.448. The summed E-state index contributed by atoms with van der Waals surface area (Å²) in [5.74, 6) is -1.44. The van der Waals surface area contributed by atoms with Crippen molar-refractivity contribution in [3.63, 3.8) is 0 Å². The average molecular weight is 508 g/mol. The van der Waals surface area contributed by atoms with Gasteiger partial charge < -0.3 is 34.2 Å². The number of hydrogen-bond donors (Lipinski definition) is 0. The van der Waals surface area contributed by atoms with Crippen molar-refractivity contribution in [1.29, 1.82) is 0 Å². The molecule has 0 N–H and O–H groups in total. The van der Waals surface area contributed by atoms with Gasteiger partial charge in [0.2, 0.25) is 0 Å². The van der Waals surface area contributed by atoms with Gasteiger partial charge in [0.05, 0.1) is 11.8 Å². The van der Waals surface area contributed by atoms with E-state index in [-0.39, 0.29) is 79.6 Å². The molecule has 0 fully saturated rings. The summed E-state index contributed by atoms with van der Waals surface area (Å²) in [6, 6.07) is 0. The Morgan fingerprint density at radius 1 is 0.947 bits per heavy atom. The Bertz CT molecular complexity index is 387. The summed E-state index contributed by atoms with van der Waals surface area (Å²) >= 11 is 0. The van der Waals surface area contributed by atoms with E-state index in [0.717, 1.165) is 17.1 Å². The van der Waals surface area contributed by atoms with E-state index in [1.165, 1.54) is 12.2 Å². The molecule has 0 saturated heterocycles. The Labute approximate surface area is 151 Å². The summed E-state index contributed by atoms with van der Waals surface area (Å²) in [5.41, 5.74) is 0. The third kappa shape index (κ3) is 7.65. The molecule has 0 spiro atoms. The van der Waals surface area contributed by atoms with Crippen LogP contribution in [0.2, 0.25) is 0 Å². The minimum absolute atomic E-state index is 0. The van der Waals surface area contributed by atoms with Gasteiger partial charge in [-0.3, -0.25) is 9.59 Å². The molecule has 0 aliphatic carbocycles. The molecule has 0 aromatic carbocycles. The standard InChI is InChI=1S/C6H6NO2.C4H3NO2.CH3.W.Y/c1-2-7-5(8)3-4-6(7)9;6-3-1-2-4(7)5-3;;;/h3-4H,1-2H2;1-2H,(H,5,6,7);1H3;;/q-1;;-1;+2;/p-1. The van der Waals surface area contributed by atoms with E-state index in [0.29, 0.717) is 0 Å². The van der Waals surface area contributed by atoms with E-state index in [1.54, 1.807) is 0 Å². The predicted molar refractivity (Wildman–Crippen MR) is 60.1 cm³/mol. The second kappa shape index (κ2) is 11.4. The first-order valence-corrected chi connectivity index (χ1v) is 4.35. The SMILES string of the molecule is O=C1C=CC(=O)[N-]1.[CH2-]CN1C(=O)C=CC1=O.[CH3-].[W+2].[Y]. The van der Waals surface area contributed by atoms with Crippen LogP contribution in [0.4, 0.5) is 0 Å². The summed E-state index contributed by atoms with van der Waals surface area (Å²) in [6.07, 6.45) is 4.77. The van der Waals surface area contributed by atoms with Crippen molar-refractivity contribution in [3.05, 3.63) is 44.0 Å². The van der Waals surface area contributed by atoms with E-state index in [2.05, 4.69) is 12.2 Å².